The Morgan fingerprint density at radius 3 is 0.585 bits per heavy atom. The minimum atomic E-state index is 1.04. The molecule has 0 bridgehead atoms. The van der Waals surface area contributed by atoms with Gasteiger partial charge in [-0.05, 0) is 5.92 Å². The van der Waals surface area contributed by atoms with E-state index in [0.29, 0.717) is 0 Å². The highest BCUT2D eigenvalue weighted by molar-refractivity contribution is 4.62. The number of hydrogen-bond donors (Lipinski definition) is 0. The van der Waals surface area contributed by atoms with Gasteiger partial charge in [0.05, 0.1) is 0 Å². The number of rotatable bonds is 37. The molecule has 248 valence electrons. The first-order valence-electron chi connectivity index (χ1n) is 20.3. The Hall–Kier alpha value is 0. The molecule has 0 aliphatic rings. The molecule has 1 atom stereocenters. The Bertz CT molecular complexity index is 426. The van der Waals surface area contributed by atoms with Crippen LogP contribution in [0.3, 0.4) is 0 Å². The standard InChI is InChI=1S/C41H84/c1-4-7-10-12-14-16-18-19-20-21-22-23-24-25-26-27-29-31-33-35-37-40-41(38-9-6-3)39-36-34-32-30-28-17-15-13-11-8-5-2/h41H,4-40H2,1-3H3. The predicted molar refractivity (Wildman–Crippen MR) is 191 cm³/mol. The maximum Gasteiger partial charge on any atom is -0.0414 e. The molecular weight excluding hydrogens is 492 g/mol. The summed E-state index contributed by atoms with van der Waals surface area (Å²) in [6.45, 7) is 7.00. The van der Waals surface area contributed by atoms with E-state index >= 15 is 0 Å². The van der Waals surface area contributed by atoms with Gasteiger partial charge in [0.25, 0.3) is 0 Å². The van der Waals surface area contributed by atoms with Gasteiger partial charge in [0.2, 0.25) is 0 Å². The van der Waals surface area contributed by atoms with Crippen LogP contribution >= 0.6 is 0 Å². The largest absolute Gasteiger partial charge is 0.0654 e. The van der Waals surface area contributed by atoms with Crippen molar-refractivity contribution in [1.29, 1.82) is 0 Å². The quantitative estimate of drug-likeness (QED) is 0.0645. The van der Waals surface area contributed by atoms with Gasteiger partial charge in [-0.3, -0.25) is 0 Å². The molecule has 0 N–H and O–H groups in total. The molecule has 0 rings (SSSR count). The fraction of sp³-hybridized carbons (Fsp3) is 1.00. The highest BCUT2D eigenvalue weighted by Crippen LogP contribution is 2.24. The van der Waals surface area contributed by atoms with Crippen molar-refractivity contribution in [2.75, 3.05) is 0 Å². The minimum absolute atomic E-state index is 1.04. The van der Waals surface area contributed by atoms with Crippen molar-refractivity contribution in [3.8, 4) is 0 Å². The molecule has 0 heteroatoms. The summed E-state index contributed by atoms with van der Waals surface area (Å²) in [5.74, 6) is 1.04. The Morgan fingerprint density at radius 1 is 0.195 bits per heavy atom. The SMILES string of the molecule is CCCCCCCCCCCCCCCCCCCCCCCC(CCCC)CCCCCCCCCCCCC. The van der Waals surface area contributed by atoms with E-state index in [0.717, 1.165) is 5.92 Å². The van der Waals surface area contributed by atoms with Gasteiger partial charge >= 0.3 is 0 Å². The molecule has 0 radical (unpaired) electrons. The van der Waals surface area contributed by atoms with E-state index < -0.39 is 0 Å². The first-order valence-corrected chi connectivity index (χ1v) is 20.3. The Balaban J connectivity index is 3.39. The van der Waals surface area contributed by atoms with Crippen molar-refractivity contribution in [3.63, 3.8) is 0 Å². The zero-order valence-corrected chi connectivity index (χ0v) is 29.7. The van der Waals surface area contributed by atoms with Crippen LogP contribution in [0.2, 0.25) is 0 Å². The molecule has 0 aliphatic carbocycles. The van der Waals surface area contributed by atoms with E-state index in [1.165, 1.54) is 238 Å². The lowest BCUT2D eigenvalue weighted by Gasteiger charge is -2.16. The van der Waals surface area contributed by atoms with Gasteiger partial charge in [0, 0.05) is 0 Å². The Labute approximate surface area is 263 Å². The highest BCUT2D eigenvalue weighted by Gasteiger charge is 2.08. The second kappa shape index (κ2) is 38.0. The number of unbranched alkanes of at least 4 members (excludes halogenated alkanes) is 31. The first kappa shape index (κ1) is 41.0. The summed E-state index contributed by atoms with van der Waals surface area (Å²) in [4.78, 5) is 0. The van der Waals surface area contributed by atoms with Crippen LogP contribution in [0.1, 0.15) is 258 Å². The molecule has 0 nitrogen and oxygen atoms in total. The van der Waals surface area contributed by atoms with Gasteiger partial charge in [-0.2, -0.15) is 0 Å². The Kier molecular flexibility index (Phi) is 38.0. The van der Waals surface area contributed by atoms with Crippen LogP contribution in [0.15, 0.2) is 0 Å². The second-order valence-electron chi connectivity index (χ2n) is 14.2. The summed E-state index contributed by atoms with van der Waals surface area (Å²) in [6, 6.07) is 0. The van der Waals surface area contributed by atoms with Crippen LogP contribution in [-0.4, -0.2) is 0 Å². The molecular formula is C41H84. The lowest BCUT2D eigenvalue weighted by molar-refractivity contribution is 0.370. The van der Waals surface area contributed by atoms with E-state index in [1.54, 1.807) is 0 Å². The molecule has 0 heterocycles. The van der Waals surface area contributed by atoms with Crippen molar-refractivity contribution in [3.05, 3.63) is 0 Å². The van der Waals surface area contributed by atoms with Gasteiger partial charge in [-0.15, -0.1) is 0 Å². The molecule has 0 aromatic carbocycles. The molecule has 41 heavy (non-hydrogen) atoms. The molecule has 1 unspecified atom stereocenters. The van der Waals surface area contributed by atoms with Crippen molar-refractivity contribution < 1.29 is 0 Å². The third-order valence-electron chi connectivity index (χ3n) is 9.90. The smallest absolute Gasteiger partial charge is 0.0414 e. The summed E-state index contributed by atoms with van der Waals surface area (Å²) < 4.78 is 0. The second-order valence-corrected chi connectivity index (χ2v) is 14.2. The van der Waals surface area contributed by atoms with E-state index in [1.807, 2.05) is 0 Å². The molecule has 0 aromatic heterocycles. The summed E-state index contributed by atoms with van der Waals surface area (Å²) in [7, 11) is 0. The molecule has 0 aliphatic heterocycles. The van der Waals surface area contributed by atoms with Gasteiger partial charge in [-0.1, -0.05) is 258 Å². The van der Waals surface area contributed by atoms with Crippen LogP contribution in [-0.2, 0) is 0 Å². The zero-order valence-electron chi connectivity index (χ0n) is 29.7. The van der Waals surface area contributed by atoms with Crippen molar-refractivity contribution >= 4 is 0 Å². The van der Waals surface area contributed by atoms with Crippen molar-refractivity contribution in [2.45, 2.75) is 258 Å². The molecule has 0 aromatic rings. The monoisotopic (exact) mass is 577 g/mol. The Morgan fingerprint density at radius 2 is 0.366 bits per heavy atom. The molecule has 0 amide bonds. The summed E-state index contributed by atoms with van der Waals surface area (Å²) >= 11 is 0. The maximum atomic E-state index is 2.37. The van der Waals surface area contributed by atoms with E-state index in [2.05, 4.69) is 20.8 Å². The molecule has 0 saturated carbocycles. The third-order valence-corrected chi connectivity index (χ3v) is 9.90. The van der Waals surface area contributed by atoms with Crippen LogP contribution < -0.4 is 0 Å². The molecule has 0 fully saturated rings. The predicted octanol–water partition coefficient (Wildman–Crippen LogP) is 16.1. The summed E-state index contributed by atoms with van der Waals surface area (Å²) in [6.07, 6.45) is 54.8. The van der Waals surface area contributed by atoms with Gasteiger partial charge in [0.15, 0.2) is 0 Å². The molecule has 0 spiro atoms. The van der Waals surface area contributed by atoms with E-state index in [4.69, 9.17) is 0 Å². The van der Waals surface area contributed by atoms with Crippen molar-refractivity contribution in [2.24, 2.45) is 5.92 Å². The van der Waals surface area contributed by atoms with Crippen LogP contribution in [0.4, 0.5) is 0 Å². The fourth-order valence-corrected chi connectivity index (χ4v) is 6.89. The minimum Gasteiger partial charge on any atom is -0.0654 e. The normalized spacial score (nSPS) is 12.4. The van der Waals surface area contributed by atoms with Gasteiger partial charge < -0.3 is 0 Å². The average molecular weight is 577 g/mol. The van der Waals surface area contributed by atoms with E-state index in [-0.39, 0.29) is 0 Å². The number of hydrogen-bond acceptors (Lipinski definition) is 0. The fourth-order valence-electron chi connectivity index (χ4n) is 6.89. The van der Waals surface area contributed by atoms with Gasteiger partial charge in [0.1, 0.15) is 0 Å². The summed E-state index contributed by atoms with van der Waals surface area (Å²) in [5, 5.41) is 0. The van der Waals surface area contributed by atoms with E-state index in [9.17, 15) is 0 Å². The highest BCUT2D eigenvalue weighted by atomic mass is 14.1. The van der Waals surface area contributed by atoms with Crippen LogP contribution in [0, 0.1) is 5.92 Å². The summed E-state index contributed by atoms with van der Waals surface area (Å²) in [5.41, 5.74) is 0. The lowest BCUT2D eigenvalue weighted by atomic mass is 9.90. The first-order chi connectivity index (χ1) is 20.3. The topological polar surface area (TPSA) is 0 Å². The van der Waals surface area contributed by atoms with Crippen LogP contribution in [0.25, 0.3) is 0 Å². The average Bonchev–Trinajstić information content (AvgIpc) is 2.98. The zero-order chi connectivity index (χ0) is 29.7. The van der Waals surface area contributed by atoms with Gasteiger partial charge in [-0.25, -0.2) is 0 Å². The third kappa shape index (κ3) is 36.1. The maximum absolute atomic E-state index is 2.37. The van der Waals surface area contributed by atoms with Crippen LogP contribution in [0.5, 0.6) is 0 Å². The van der Waals surface area contributed by atoms with Crippen molar-refractivity contribution in [1.82, 2.24) is 0 Å². The lowest BCUT2D eigenvalue weighted by Crippen LogP contribution is -2.01. The molecule has 0 saturated heterocycles.